The second kappa shape index (κ2) is 7.85. The van der Waals surface area contributed by atoms with Gasteiger partial charge in [0, 0.05) is 31.0 Å². The minimum absolute atomic E-state index is 0.0900. The lowest BCUT2D eigenvalue weighted by Gasteiger charge is -2.40. The number of hydrogen-bond donors (Lipinski definition) is 2. The molecule has 0 aromatic heterocycles. The quantitative estimate of drug-likeness (QED) is 0.825. The summed E-state index contributed by atoms with van der Waals surface area (Å²) in [5, 5.41) is 6.35. The van der Waals surface area contributed by atoms with Crippen molar-refractivity contribution in [2.45, 2.75) is 58.3 Å². The molecule has 5 nitrogen and oxygen atoms in total. The van der Waals surface area contributed by atoms with Crippen LogP contribution in [-0.2, 0) is 9.59 Å². The van der Waals surface area contributed by atoms with Gasteiger partial charge < -0.3 is 15.5 Å². The van der Waals surface area contributed by atoms with E-state index < -0.39 is 0 Å². The van der Waals surface area contributed by atoms with Crippen LogP contribution in [0.4, 0.5) is 0 Å². The van der Waals surface area contributed by atoms with E-state index in [2.05, 4.69) is 17.6 Å². The maximum Gasteiger partial charge on any atom is 0.241 e. The molecule has 0 aromatic carbocycles. The number of nitrogens with zero attached hydrogens (tertiary/aromatic N) is 1. The number of hydrogen-bond acceptors (Lipinski definition) is 3. The van der Waals surface area contributed by atoms with Crippen molar-refractivity contribution in [1.29, 1.82) is 0 Å². The average Bonchev–Trinajstić information content (AvgIpc) is 3.07. The number of nitrogens with one attached hydrogen (secondary N) is 2. The van der Waals surface area contributed by atoms with E-state index in [1.165, 1.54) is 19.3 Å². The van der Waals surface area contributed by atoms with Crippen LogP contribution >= 0.6 is 0 Å². The number of piperidine rings is 1. The Balaban J connectivity index is 1.42. The number of carbonyl (C=O) groups is 2. The van der Waals surface area contributed by atoms with E-state index in [-0.39, 0.29) is 29.7 Å². The fraction of sp³-hybridized carbons (Fsp3) is 0.895. The van der Waals surface area contributed by atoms with Gasteiger partial charge in [0.1, 0.15) is 0 Å². The van der Waals surface area contributed by atoms with Crippen molar-refractivity contribution in [2.24, 2.45) is 17.3 Å². The van der Waals surface area contributed by atoms with E-state index in [1.54, 1.807) is 0 Å². The third-order valence-electron chi connectivity index (χ3n) is 6.55. The summed E-state index contributed by atoms with van der Waals surface area (Å²) in [5.41, 5.74) is 0.288. The Hall–Kier alpha value is -1.10. The molecule has 3 fully saturated rings. The Morgan fingerprint density at radius 2 is 2.00 bits per heavy atom. The van der Waals surface area contributed by atoms with Crippen LogP contribution < -0.4 is 10.6 Å². The fourth-order valence-electron chi connectivity index (χ4n) is 4.82. The Bertz CT molecular complexity index is 452. The minimum Gasteiger partial charge on any atom is -0.347 e. The van der Waals surface area contributed by atoms with E-state index >= 15 is 0 Å². The summed E-state index contributed by atoms with van der Waals surface area (Å²) in [5.74, 6) is 1.09. The SMILES string of the molecule is CCC1CCC(C(=O)NCC(=O)N2CCCC3(CCNC3)C2)CC1. The van der Waals surface area contributed by atoms with Crippen molar-refractivity contribution in [1.82, 2.24) is 15.5 Å². The molecule has 1 aliphatic carbocycles. The third kappa shape index (κ3) is 4.11. The van der Waals surface area contributed by atoms with Gasteiger partial charge in [-0.1, -0.05) is 13.3 Å². The smallest absolute Gasteiger partial charge is 0.241 e. The summed E-state index contributed by atoms with van der Waals surface area (Å²) in [4.78, 5) is 26.8. The highest BCUT2D eigenvalue weighted by atomic mass is 16.2. The van der Waals surface area contributed by atoms with Crippen molar-refractivity contribution >= 4 is 11.8 Å². The molecular formula is C19H33N3O2. The number of carbonyl (C=O) groups excluding carboxylic acids is 2. The van der Waals surface area contributed by atoms with Gasteiger partial charge in [-0.3, -0.25) is 9.59 Å². The van der Waals surface area contributed by atoms with Gasteiger partial charge in [-0.2, -0.15) is 0 Å². The van der Waals surface area contributed by atoms with Crippen LogP contribution in [-0.4, -0.2) is 49.4 Å². The molecule has 3 aliphatic rings. The highest BCUT2D eigenvalue weighted by Crippen LogP contribution is 2.35. The van der Waals surface area contributed by atoms with Gasteiger partial charge in [0.25, 0.3) is 0 Å². The Labute approximate surface area is 145 Å². The van der Waals surface area contributed by atoms with Crippen LogP contribution in [0.5, 0.6) is 0 Å². The van der Waals surface area contributed by atoms with Crippen molar-refractivity contribution in [3.05, 3.63) is 0 Å². The van der Waals surface area contributed by atoms with Gasteiger partial charge in [-0.05, 0) is 57.4 Å². The van der Waals surface area contributed by atoms with Gasteiger partial charge in [-0.15, -0.1) is 0 Å². The van der Waals surface area contributed by atoms with Crippen molar-refractivity contribution < 1.29 is 9.59 Å². The molecule has 1 spiro atoms. The molecule has 24 heavy (non-hydrogen) atoms. The predicted molar refractivity (Wildman–Crippen MR) is 94.5 cm³/mol. The lowest BCUT2D eigenvalue weighted by Crippen LogP contribution is -2.50. The molecule has 2 saturated heterocycles. The maximum absolute atomic E-state index is 12.5. The molecule has 1 atom stereocenters. The molecule has 0 aromatic rings. The van der Waals surface area contributed by atoms with Crippen LogP contribution in [0.1, 0.15) is 58.3 Å². The second-order valence-corrected chi connectivity index (χ2v) is 8.19. The molecule has 136 valence electrons. The van der Waals surface area contributed by atoms with Gasteiger partial charge in [0.05, 0.1) is 6.54 Å². The fourth-order valence-corrected chi connectivity index (χ4v) is 4.82. The van der Waals surface area contributed by atoms with Crippen molar-refractivity contribution in [3.8, 4) is 0 Å². The molecule has 2 aliphatic heterocycles. The molecule has 1 unspecified atom stereocenters. The predicted octanol–water partition coefficient (Wildman–Crippen LogP) is 1.92. The van der Waals surface area contributed by atoms with E-state index in [9.17, 15) is 9.59 Å². The first-order chi connectivity index (χ1) is 11.6. The zero-order chi connectivity index (χ0) is 17.0. The summed E-state index contributed by atoms with van der Waals surface area (Å²) in [7, 11) is 0. The summed E-state index contributed by atoms with van der Waals surface area (Å²) < 4.78 is 0. The monoisotopic (exact) mass is 335 g/mol. The zero-order valence-corrected chi connectivity index (χ0v) is 15.1. The Morgan fingerprint density at radius 3 is 2.67 bits per heavy atom. The largest absolute Gasteiger partial charge is 0.347 e. The van der Waals surface area contributed by atoms with Crippen LogP contribution in [0.3, 0.4) is 0 Å². The highest BCUT2D eigenvalue weighted by Gasteiger charge is 2.39. The van der Waals surface area contributed by atoms with Gasteiger partial charge in [-0.25, -0.2) is 0 Å². The minimum atomic E-state index is 0.0900. The molecule has 2 heterocycles. The number of likely N-dealkylation sites (tertiary alicyclic amines) is 1. The number of amides is 2. The van der Waals surface area contributed by atoms with Crippen LogP contribution in [0.2, 0.25) is 0 Å². The third-order valence-corrected chi connectivity index (χ3v) is 6.55. The normalized spacial score (nSPS) is 33.6. The first-order valence-corrected chi connectivity index (χ1v) is 9.88. The zero-order valence-electron chi connectivity index (χ0n) is 15.1. The van der Waals surface area contributed by atoms with Gasteiger partial charge in [0.2, 0.25) is 11.8 Å². The molecule has 2 amide bonds. The summed E-state index contributed by atoms with van der Waals surface area (Å²) in [6.07, 6.45) is 8.98. The Morgan fingerprint density at radius 1 is 1.21 bits per heavy atom. The molecule has 1 saturated carbocycles. The first kappa shape index (κ1) is 17.7. The standard InChI is InChI=1S/C19H33N3O2/c1-2-15-4-6-16(7-5-15)18(24)21-12-17(23)22-11-3-8-19(14-22)9-10-20-13-19/h15-16,20H,2-14H2,1H3,(H,21,24). The maximum atomic E-state index is 12.5. The van der Waals surface area contributed by atoms with Crippen molar-refractivity contribution in [2.75, 3.05) is 32.7 Å². The number of rotatable bonds is 4. The lowest BCUT2D eigenvalue weighted by molar-refractivity contribution is -0.136. The van der Waals surface area contributed by atoms with E-state index in [4.69, 9.17) is 0 Å². The van der Waals surface area contributed by atoms with Crippen LogP contribution in [0.25, 0.3) is 0 Å². The van der Waals surface area contributed by atoms with Crippen LogP contribution in [0.15, 0.2) is 0 Å². The second-order valence-electron chi connectivity index (χ2n) is 8.19. The van der Waals surface area contributed by atoms with E-state index in [0.717, 1.165) is 64.2 Å². The van der Waals surface area contributed by atoms with E-state index in [0.29, 0.717) is 0 Å². The lowest BCUT2D eigenvalue weighted by atomic mass is 9.79. The van der Waals surface area contributed by atoms with Gasteiger partial charge >= 0.3 is 0 Å². The van der Waals surface area contributed by atoms with Gasteiger partial charge in [0.15, 0.2) is 0 Å². The van der Waals surface area contributed by atoms with Crippen LogP contribution in [0, 0.1) is 17.3 Å². The summed E-state index contributed by atoms with van der Waals surface area (Å²) >= 11 is 0. The molecule has 2 N–H and O–H groups in total. The molecule has 0 bridgehead atoms. The summed E-state index contributed by atoms with van der Waals surface area (Å²) in [6.45, 7) is 6.21. The first-order valence-electron chi connectivity index (χ1n) is 9.88. The molecule has 0 radical (unpaired) electrons. The van der Waals surface area contributed by atoms with Crippen molar-refractivity contribution in [3.63, 3.8) is 0 Å². The average molecular weight is 335 g/mol. The topological polar surface area (TPSA) is 61.4 Å². The Kier molecular flexibility index (Phi) is 5.80. The van der Waals surface area contributed by atoms with E-state index in [1.807, 2.05) is 4.90 Å². The molecule has 3 rings (SSSR count). The highest BCUT2D eigenvalue weighted by molar-refractivity contribution is 5.86. The molecule has 5 heteroatoms. The summed E-state index contributed by atoms with van der Waals surface area (Å²) in [6, 6.07) is 0. The molecular weight excluding hydrogens is 302 g/mol.